The second-order valence-electron chi connectivity index (χ2n) is 2.75. The zero-order valence-corrected chi connectivity index (χ0v) is 7.92. The molecule has 0 saturated heterocycles. The van der Waals surface area contributed by atoms with E-state index in [1.807, 2.05) is 25.1 Å². The van der Waals surface area contributed by atoms with Gasteiger partial charge in [-0.2, -0.15) is 5.26 Å². The molecule has 0 aliphatic rings. The Morgan fingerprint density at radius 2 is 2.36 bits per heavy atom. The molecule has 0 aromatic heterocycles. The predicted molar refractivity (Wildman–Crippen MR) is 54.4 cm³/mol. The van der Waals surface area contributed by atoms with Gasteiger partial charge in [-0.05, 0) is 25.1 Å². The van der Waals surface area contributed by atoms with E-state index in [1.54, 1.807) is 6.07 Å². The van der Waals surface area contributed by atoms with Crippen molar-refractivity contribution in [1.29, 1.82) is 5.26 Å². The van der Waals surface area contributed by atoms with Gasteiger partial charge in [0.05, 0.1) is 11.3 Å². The van der Waals surface area contributed by atoms with Gasteiger partial charge in [-0.15, -0.1) is 0 Å². The topological polar surface area (TPSA) is 35.8 Å². The summed E-state index contributed by atoms with van der Waals surface area (Å²) < 4.78 is 12.7. The Hall–Kier alpha value is -1.82. The molecule has 0 atom stereocenters. The van der Waals surface area contributed by atoms with E-state index in [4.69, 9.17) is 5.26 Å². The molecule has 0 radical (unpaired) electrons. The van der Waals surface area contributed by atoms with Crippen LogP contribution in [-0.2, 0) is 0 Å². The molecule has 1 rings (SSSR count). The van der Waals surface area contributed by atoms with Crippen LogP contribution in [0.5, 0.6) is 0 Å². The summed E-state index contributed by atoms with van der Waals surface area (Å²) in [5.74, 6) is -0.391. The van der Waals surface area contributed by atoms with Gasteiger partial charge >= 0.3 is 0 Å². The van der Waals surface area contributed by atoms with Crippen molar-refractivity contribution in [2.24, 2.45) is 0 Å². The first-order chi connectivity index (χ1) is 6.77. The Morgan fingerprint density at radius 3 is 3.00 bits per heavy atom. The minimum atomic E-state index is -0.391. The molecule has 14 heavy (non-hydrogen) atoms. The number of anilines is 1. The summed E-state index contributed by atoms with van der Waals surface area (Å²) in [7, 11) is 0. The SMILES string of the molecule is C/C=C/CNc1ccc(F)cc1C#N. The van der Waals surface area contributed by atoms with Crippen molar-refractivity contribution in [3.63, 3.8) is 0 Å². The Bertz CT molecular complexity index is 377. The summed E-state index contributed by atoms with van der Waals surface area (Å²) >= 11 is 0. The quantitative estimate of drug-likeness (QED) is 0.744. The van der Waals surface area contributed by atoms with E-state index in [0.29, 0.717) is 17.8 Å². The van der Waals surface area contributed by atoms with Crippen LogP contribution in [0.15, 0.2) is 30.4 Å². The molecule has 0 amide bonds. The third-order valence-corrected chi connectivity index (χ3v) is 1.75. The van der Waals surface area contributed by atoms with Crippen LogP contribution in [-0.4, -0.2) is 6.54 Å². The molecular formula is C11H11FN2. The highest BCUT2D eigenvalue weighted by atomic mass is 19.1. The zero-order chi connectivity index (χ0) is 10.4. The molecule has 0 spiro atoms. The Morgan fingerprint density at radius 1 is 1.57 bits per heavy atom. The number of rotatable bonds is 3. The number of halogens is 1. The van der Waals surface area contributed by atoms with Crippen molar-refractivity contribution in [3.8, 4) is 6.07 Å². The Labute approximate surface area is 82.7 Å². The molecule has 1 aromatic rings. The highest BCUT2D eigenvalue weighted by Crippen LogP contribution is 2.15. The summed E-state index contributed by atoms with van der Waals surface area (Å²) in [5.41, 5.74) is 0.988. The molecule has 0 fully saturated rings. The third-order valence-electron chi connectivity index (χ3n) is 1.75. The fourth-order valence-corrected chi connectivity index (χ4v) is 1.05. The first kappa shape index (κ1) is 10.3. The zero-order valence-electron chi connectivity index (χ0n) is 7.92. The van der Waals surface area contributed by atoms with Crippen molar-refractivity contribution in [2.45, 2.75) is 6.92 Å². The van der Waals surface area contributed by atoms with E-state index in [0.717, 1.165) is 0 Å². The molecule has 0 heterocycles. The van der Waals surface area contributed by atoms with Gasteiger partial charge in [0.15, 0.2) is 0 Å². The molecule has 3 heteroatoms. The van der Waals surface area contributed by atoms with Crippen LogP contribution >= 0.6 is 0 Å². The average Bonchev–Trinajstić information content (AvgIpc) is 2.20. The standard InChI is InChI=1S/C11H11FN2/c1-2-3-6-14-11-5-4-10(12)7-9(11)8-13/h2-5,7,14H,6H2,1H3/b3-2+. The van der Waals surface area contributed by atoms with E-state index in [1.165, 1.54) is 12.1 Å². The van der Waals surface area contributed by atoms with Gasteiger partial charge in [-0.1, -0.05) is 12.2 Å². The number of allylic oxidation sites excluding steroid dienone is 1. The van der Waals surface area contributed by atoms with Gasteiger partial charge in [0.1, 0.15) is 11.9 Å². The minimum absolute atomic E-state index is 0.328. The summed E-state index contributed by atoms with van der Waals surface area (Å²) in [6.07, 6.45) is 3.83. The van der Waals surface area contributed by atoms with Crippen molar-refractivity contribution < 1.29 is 4.39 Å². The highest BCUT2D eigenvalue weighted by molar-refractivity contribution is 5.57. The Balaban J connectivity index is 2.81. The van der Waals surface area contributed by atoms with E-state index >= 15 is 0 Å². The lowest BCUT2D eigenvalue weighted by Gasteiger charge is -2.04. The van der Waals surface area contributed by atoms with Crippen LogP contribution in [0.1, 0.15) is 12.5 Å². The number of nitriles is 1. The van der Waals surface area contributed by atoms with E-state index in [2.05, 4.69) is 5.32 Å². The van der Waals surface area contributed by atoms with Crippen LogP contribution in [0.3, 0.4) is 0 Å². The van der Waals surface area contributed by atoms with Crippen LogP contribution in [0.25, 0.3) is 0 Å². The molecule has 2 nitrogen and oxygen atoms in total. The summed E-state index contributed by atoms with van der Waals surface area (Å²) in [6, 6.07) is 6.06. The fourth-order valence-electron chi connectivity index (χ4n) is 1.05. The molecule has 72 valence electrons. The van der Waals surface area contributed by atoms with Gasteiger partial charge in [-0.3, -0.25) is 0 Å². The van der Waals surface area contributed by atoms with Gasteiger partial charge in [0.2, 0.25) is 0 Å². The number of hydrogen-bond acceptors (Lipinski definition) is 2. The molecular weight excluding hydrogens is 179 g/mol. The van der Waals surface area contributed by atoms with Crippen LogP contribution in [0.2, 0.25) is 0 Å². The Kier molecular flexibility index (Phi) is 3.69. The van der Waals surface area contributed by atoms with Crippen LogP contribution in [0.4, 0.5) is 10.1 Å². The number of nitrogens with one attached hydrogen (secondary N) is 1. The normalized spacial score (nSPS) is 10.1. The van der Waals surface area contributed by atoms with E-state index < -0.39 is 5.82 Å². The van der Waals surface area contributed by atoms with Crippen molar-refractivity contribution in [2.75, 3.05) is 11.9 Å². The van der Waals surface area contributed by atoms with Gasteiger partial charge in [-0.25, -0.2) is 4.39 Å². The van der Waals surface area contributed by atoms with Crippen LogP contribution in [0, 0.1) is 17.1 Å². The fraction of sp³-hybridized carbons (Fsp3) is 0.182. The monoisotopic (exact) mass is 190 g/mol. The third kappa shape index (κ3) is 2.60. The minimum Gasteiger partial charge on any atom is -0.381 e. The second kappa shape index (κ2) is 5.03. The number of nitrogens with zero attached hydrogens (tertiary/aromatic N) is 1. The largest absolute Gasteiger partial charge is 0.381 e. The number of hydrogen-bond donors (Lipinski definition) is 1. The van der Waals surface area contributed by atoms with Crippen molar-refractivity contribution in [3.05, 3.63) is 41.7 Å². The lowest BCUT2D eigenvalue weighted by atomic mass is 10.2. The van der Waals surface area contributed by atoms with Crippen LogP contribution < -0.4 is 5.32 Å². The number of benzene rings is 1. The molecule has 0 bridgehead atoms. The summed E-state index contributed by atoms with van der Waals surface area (Å²) in [4.78, 5) is 0. The van der Waals surface area contributed by atoms with E-state index in [-0.39, 0.29) is 0 Å². The van der Waals surface area contributed by atoms with Gasteiger partial charge < -0.3 is 5.32 Å². The van der Waals surface area contributed by atoms with Crippen molar-refractivity contribution >= 4 is 5.69 Å². The summed E-state index contributed by atoms with van der Waals surface area (Å²) in [5, 5.41) is 11.7. The summed E-state index contributed by atoms with van der Waals surface area (Å²) in [6.45, 7) is 2.55. The molecule has 0 unspecified atom stereocenters. The predicted octanol–water partition coefficient (Wildman–Crippen LogP) is 2.69. The average molecular weight is 190 g/mol. The van der Waals surface area contributed by atoms with Gasteiger partial charge in [0, 0.05) is 6.54 Å². The molecule has 0 aliphatic carbocycles. The first-order valence-electron chi connectivity index (χ1n) is 4.32. The highest BCUT2D eigenvalue weighted by Gasteiger charge is 2.01. The maximum atomic E-state index is 12.7. The lowest BCUT2D eigenvalue weighted by Crippen LogP contribution is -2.00. The molecule has 0 aliphatic heterocycles. The maximum absolute atomic E-state index is 12.7. The van der Waals surface area contributed by atoms with Crippen molar-refractivity contribution in [1.82, 2.24) is 0 Å². The maximum Gasteiger partial charge on any atom is 0.124 e. The molecule has 0 saturated carbocycles. The molecule has 1 N–H and O–H groups in total. The van der Waals surface area contributed by atoms with E-state index in [9.17, 15) is 4.39 Å². The second-order valence-corrected chi connectivity index (χ2v) is 2.75. The lowest BCUT2D eigenvalue weighted by molar-refractivity contribution is 0.627. The first-order valence-corrected chi connectivity index (χ1v) is 4.32. The van der Waals surface area contributed by atoms with Gasteiger partial charge in [0.25, 0.3) is 0 Å². The molecule has 1 aromatic carbocycles. The smallest absolute Gasteiger partial charge is 0.124 e.